The fourth-order valence-corrected chi connectivity index (χ4v) is 1.41. The maximum atomic E-state index is 11.2. The summed E-state index contributed by atoms with van der Waals surface area (Å²) in [6.45, 7) is 1.70. The van der Waals surface area contributed by atoms with E-state index in [-0.39, 0.29) is 5.97 Å². The van der Waals surface area contributed by atoms with Gasteiger partial charge in [-0.1, -0.05) is 6.07 Å². The molecule has 0 saturated heterocycles. The summed E-state index contributed by atoms with van der Waals surface area (Å²) in [5.41, 5.74) is 1.38. The van der Waals surface area contributed by atoms with Crippen molar-refractivity contribution in [3.8, 4) is 11.5 Å². The van der Waals surface area contributed by atoms with Crippen LogP contribution in [0.1, 0.15) is 12.5 Å². The van der Waals surface area contributed by atoms with Gasteiger partial charge in [0.05, 0.1) is 21.3 Å². The van der Waals surface area contributed by atoms with E-state index in [0.717, 1.165) is 5.56 Å². The molecule has 92 valence electrons. The van der Waals surface area contributed by atoms with Crippen LogP contribution in [0.5, 0.6) is 11.5 Å². The normalized spacial score (nSPS) is 10.9. The SMILES string of the molecule is COC(=O)/C(C)=C\c1ccc(OC)c(OC)c1. The largest absolute Gasteiger partial charge is 0.493 e. The van der Waals surface area contributed by atoms with Crippen molar-refractivity contribution >= 4 is 12.0 Å². The molecule has 0 heterocycles. The van der Waals surface area contributed by atoms with Crippen molar-refractivity contribution in [3.05, 3.63) is 29.3 Å². The van der Waals surface area contributed by atoms with E-state index in [1.165, 1.54) is 7.11 Å². The molecule has 1 aromatic carbocycles. The Morgan fingerprint density at radius 1 is 1.12 bits per heavy atom. The number of hydrogen-bond acceptors (Lipinski definition) is 4. The Labute approximate surface area is 101 Å². The molecule has 4 nitrogen and oxygen atoms in total. The molecule has 1 rings (SSSR count). The highest BCUT2D eigenvalue weighted by Crippen LogP contribution is 2.28. The minimum absolute atomic E-state index is 0.347. The second-order valence-corrected chi connectivity index (χ2v) is 3.43. The van der Waals surface area contributed by atoms with Crippen LogP contribution in [0.4, 0.5) is 0 Å². The van der Waals surface area contributed by atoms with E-state index < -0.39 is 0 Å². The number of methoxy groups -OCH3 is 3. The molecular weight excluding hydrogens is 220 g/mol. The predicted molar refractivity (Wildman–Crippen MR) is 65.2 cm³/mol. The number of benzene rings is 1. The molecule has 0 spiro atoms. The van der Waals surface area contributed by atoms with Crippen molar-refractivity contribution in [2.75, 3.05) is 21.3 Å². The molecule has 0 amide bonds. The standard InChI is InChI=1S/C13H16O4/c1-9(13(14)17-4)7-10-5-6-11(15-2)12(8-10)16-3/h5-8H,1-4H3/b9-7-. The van der Waals surface area contributed by atoms with Crippen molar-refractivity contribution in [2.45, 2.75) is 6.92 Å². The summed E-state index contributed by atoms with van der Waals surface area (Å²) >= 11 is 0. The van der Waals surface area contributed by atoms with E-state index in [2.05, 4.69) is 4.74 Å². The number of esters is 1. The first kappa shape index (κ1) is 13.1. The molecule has 0 aliphatic rings. The Kier molecular flexibility index (Phi) is 4.57. The van der Waals surface area contributed by atoms with E-state index in [1.807, 2.05) is 6.07 Å². The summed E-state index contributed by atoms with van der Waals surface area (Å²) < 4.78 is 14.9. The number of carbonyl (C=O) groups excluding carboxylic acids is 1. The van der Waals surface area contributed by atoms with Crippen LogP contribution in [-0.2, 0) is 9.53 Å². The van der Waals surface area contributed by atoms with Crippen LogP contribution in [0.15, 0.2) is 23.8 Å². The van der Waals surface area contributed by atoms with Gasteiger partial charge < -0.3 is 14.2 Å². The summed E-state index contributed by atoms with van der Waals surface area (Å²) in [6, 6.07) is 5.42. The number of hydrogen-bond donors (Lipinski definition) is 0. The Balaban J connectivity index is 3.04. The maximum Gasteiger partial charge on any atom is 0.333 e. The predicted octanol–water partition coefficient (Wildman–Crippen LogP) is 2.28. The number of carbonyl (C=O) groups is 1. The van der Waals surface area contributed by atoms with Gasteiger partial charge in [0, 0.05) is 5.57 Å². The zero-order valence-corrected chi connectivity index (χ0v) is 10.4. The molecule has 0 saturated carbocycles. The molecule has 0 bridgehead atoms. The Bertz CT molecular complexity index is 435. The van der Waals surface area contributed by atoms with Crippen LogP contribution in [0.25, 0.3) is 6.08 Å². The lowest BCUT2D eigenvalue weighted by Crippen LogP contribution is -2.01. The summed E-state index contributed by atoms with van der Waals surface area (Å²) in [6.07, 6.45) is 1.73. The van der Waals surface area contributed by atoms with Crippen LogP contribution >= 0.6 is 0 Å². The van der Waals surface area contributed by atoms with Gasteiger partial charge in [-0.25, -0.2) is 4.79 Å². The molecule has 17 heavy (non-hydrogen) atoms. The first-order valence-electron chi connectivity index (χ1n) is 5.11. The van der Waals surface area contributed by atoms with Crippen molar-refractivity contribution in [1.29, 1.82) is 0 Å². The maximum absolute atomic E-state index is 11.2. The first-order valence-corrected chi connectivity index (χ1v) is 5.11. The first-order chi connectivity index (χ1) is 8.12. The smallest absolute Gasteiger partial charge is 0.333 e. The molecule has 0 unspecified atom stereocenters. The molecular formula is C13H16O4. The van der Waals surface area contributed by atoms with Crippen LogP contribution in [-0.4, -0.2) is 27.3 Å². The molecule has 0 aromatic heterocycles. The fourth-order valence-electron chi connectivity index (χ4n) is 1.41. The van der Waals surface area contributed by atoms with Crippen molar-refractivity contribution in [2.24, 2.45) is 0 Å². The van der Waals surface area contributed by atoms with E-state index in [0.29, 0.717) is 17.1 Å². The number of rotatable bonds is 4. The lowest BCUT2D eigenvalue weighted by molar-refractivity contribution is -0.135. The van der Waals surface area contributed by atoms with Gasteiger partial charge in [-0.15, -0.1) is 0 Å². The van der Waals surface area contributed by atoms with Crippen LogP contribution < -0.4 is 9.47 Å². The van der Waals surface area contributed by atoms with E-state index in [1.54, 1.807) is 39.4 Å². The van der Waals surface area contributed by atoms with Crippen molar-refractivity contribution < 1.29 is 19.0 Å². The van der Waals surface area contributed by atoms with Gasteiger partial charge in [-0.3, -0.25) is 0 Å². The lowest BCUT2D eigenvalue weighted by atomic mass is 10.1. The highest BCUT2D eigenvalue weighted by molar-refractivity contribution is 5.92. The minimum Gasteiger partial charge on any atom is -0.493 e. The lowest BCUT2D eigenvalue weighted by Gasteiger charge is -2.08. The Morgan fingerprint density at radius 3 is 2.29 bits per heavy atom. The molecule has 4 heteroatoms. The third-order valence-electron chi connectivity index (χ3n) is 2.30. The summed E-state index contributed by atoms with van der Waals surface area (Å²) in [5.74, 6) is 0.930. The molecule has 0 fully saturated rings. The second kappa shape index (κ2) is 5.94. The molecule has 0 atom stereocenters. The van der Waals surface area contributed by atoms with Gasteiger partial charge >= 0.3 is 5.97 Å². The topological polar surface area (TPSA) is 44.8 Å². The van der Waals surface area contributed by atoms with Gasteiger partial charge in [-0.2, -0.15) is 0 Å². The summed E-state index contributed by atoms with van der Waals surface area (Å²) in [4.78, 5) is 11.2. The molecule has 0 N–H and O–H groups in total. The average Bonchev–Trinajstić information content (AvgIpc) is 2.37. The van der Waals surface area contributed by atoms with Gasteiger partial charge in [0.25, 0.3) is 0 Å². The zero-order chi connectivity index (χ0) is 12.8. The zero-order valence-electron chi connectivity index (χ0n) is 10.4. The number of ether oxygens (including phenoxy) is 3. The monoisotopic (exact) mass is 236 g/mol. The summed E-state index contributed by atoms with van der Waals surface area (Å²) in [5, 5.41) is 0. The van der Waals surface area contributed by atoms with Crippen LogP contribution in [0.2, 0.25) is 0 Å². The van der Waals surface area contributed by atoms with Gasteiger partial charge in [0.15, 0.2) is 11.5 Å². The van der Waals surface area contributed by atoms with Crippen LogP contribution in [0.3, 0.4) is 0 Å². The minimum atomic E-state index is -0.347. The summed E-state index contributed by atoms with van der Waals surface area (Å²) in [7, 11) is 4.50. The fraction of sp³-hybridized carbons (Fsp3) is 0.308. The van der Waals surface area contributed by atoms with Gasteiger partial charge in [0.2, 0.25) is 0 Å². The molecule has 0 aliphatic heterocycles. The molecule has 1 aromatic rings. The van der Waals surface area contributed by atoms with Crippen molar-refractivity contribution in [1.82, 2.24) is 0 Å². The molecule has 0 radical (unpaired) electrons. The van der Waals surface area contributed by atoms with E-state index >= 15 is 0 Å². The van der Waals surface area contributed by atoms with Gasteiger partial charge in [0.1, 0.15) is 0 Å². The van der Waals surface area contributed by atoms with E-state index in [9.17, 15) is 4.79 Å². The highest BCUT2D eigenvalue weighted by atomic mass is 16.5. The Morgan fingerprint density at radius 2 is 1.76 bits per heavy atom. The second-order valence-electron chi connectivity index (χ2n) is 3.43. The van der Waals surface area contributed by atoms with Crippen molar-refractivity contribution in [3.63, 3.8) is 0 Å². The van der Waals surface area contributed by atoms with E-state index in [4.69, 9.17) is 9.47 Å². The van der Waals surface area contributed by atoms with Crippen LogP contribution in [0, 0.1) is 0 Å². The average molecular weight is 236 g/mol. The quantitative estimate of drug-likeness (QED) is 0.594. The van der Waals surface area contributed by atoms with Gasteiger partial charge in [-0.05, 0) is 30.7 Å². The Hall–Kier alpha value is -1.97. The third-order valence-corrected chi connectivity index (χ3v) is 2.30. The highest BCUT2D eigenvalue weighted by Gasteiger charge is 2.06. The molecule has 0 aliphatic carbocycles. The third kappa shape index (κ3) is 3.24.